The fraction of sp³-hybridized carbons (Fsp3) is 0.417. The minimum Gasteiger partial charge on any atom is -0.462 e. The smallest absolute Gasteiger partial charge is 0.350 e. The molecule has 0 atom stereocenters. The first-order chi connectivity index (χ1) is 15.8. The molecule has 1 saturated carbocycles. The zero-order chi connectivity index (χ0) is 23.8. The SMILES string of the molecule is CCOC(=O)c1sc(-c2ccccc2)cc1NC(=O)COC(=O)C1(NC(C)=O)CCCCC1. The highest BCUT2D eigenvalue weighted by atomic mass is 32.1. The largest absolute Gasteiger partial charge is 0.462 e. The van der Waals surface area contributed by atoms with E-state index in [4.69, 9.17) is 9.47 Å². The lowest BCUT2D eigenvalue weighted by atomic mass is 9.81. The number of esters is 2. The standard InChI is InChI=1S/C24H28N2O6S/c1-3-31-22(29)21-18(14-19(33-21)17-10-6-4-7-11-17)25-20(28)15-32-23(30)24(26-16(2)27)12-8-5-9-13-24/h4,6-7,10-11,14H,3,5,8-9,12-13,15H2,1-2H3,(H,25,28)(H,26,27). The van der Waals surface area contributed by atoms with Gasteiger partial charge < -0.3 is 20.1 Å². The molecule has 1 aromatic carbocycles. The molecule has 1 fully saturated rings. The van der Waals surface area contributed by atoms with Crippen LogP contribution in [0.15, 0.2) is 36.4 Å². The van der Waals surface area contributed by atoms with Gasteiger partial charge in [-0.05, 0) is 31.4 Å². The van der Waals surface area contributed by atoms with Crippen LogP contribution in [0, 0.1) is 0 Å². The molecule has 0 spiro atoms. The number of rotatable bonds is 8. The lowest BCUT2D eigenvalue weighted by Crippen LogP contribution is -2.56. The molecule has 8 nitrogen and oxygen atoms in total. The minimum atomic E-state index is -1.09. The van der Waals surface area contributed by atoms with Gasteiger partial charge in [0.15, 0.2) is 6.61 Å². The van der Waals surface area contributed by atoms with Crippen molar-refractivity contribution in [2.24, 2.45) is 0 Å². The van der Waals surface area contributed by atoms with Crippen LogP contribution in [0.3, 0.4) is 0 Å². The van der Waals surface area contributed by atoms with E-state index in [0.29, 0.717) is 18.5 Å². The first kappa shape index (κ1) is 24.4. The zero-order valence-corrected chi connectivity index (χ0v) is 19.6. The number of anilines is 1. The van der Waals surface area contributed by atoms with Crippen molar-refractivity contribution in [1.82, 2.24) is 5.32 Å². The van der Waals surface area contributed by atoms with E-state index >= 15 is 0 Å². The first-order valence-corrected chi connectivity index (χ1v) is 11.8. The average Bonchev–Trinajstić information content (AvgIpc) is 3.22. The highest BCUT2D eigenvalue weighted by Crippen LogP contribution is 2.35. The van der Waals surface area contributed by atoms with E-state index in [-0.39, 0.29) is 17.4 Å². The Morgan fingerprint density at radius 2 is 1.73 bits per heavy atom. The highest BCUT2D eigenvalue weighted by molar-refractivity contribution is 7.18. The molecular formula is C24H28N2O6S. The van der Waals surface area contributed by atoms with Gasteiger partial charge in [-0.1, -0.05) is 49.6 Å². The number of ether oxygens (including phenoxy) is 2. The van der Waals surface area contributed by atoms with Crippen molar-refractivity contribution in [3.05, 3.63) is 41.3 Å². The van der Waals surface area contributed by atoms with Gasteiger partial charge >= 0.3 is 11.9 Å². The van der Waals surface area contributed by atoms with Gasteiger partial charge in [-0.2, -0.15) is 0 Å². The van der Waals surface area contributed by atoms with Crippen LogP contribution in [-0.2, 0) is 23.9 Å². The number of carbonyl (C=O) groups excluding carboxylic acids is 4. The summed E-state index contributed by atoms with van der Waals surface area (Å²) in [4.78, 5) is 50.5. The molecule has 1 aliphatic carbocycles. The molecule has 176 valence electrons. The molecule has 2 N–H and O–H groups in total. The number of nitrogens with one attached hydrogen (secondary N) is 2. The molecule has 0 radical (unpaired) electrons. The summed E-state index contributed by atoms with van der Waals surface area (Å²) in [5.41, 5.74) is 0.102. The Kier molecular flexibility index (Phi) is 8.21. The van der Waals surface area contributed by atoms with Crippen LogP contribution in [0.4, 0.5) is 5.69 Å². The second-order valence-electron chi connectivity index (χ2n) is 7.89. The molecular weight excluding hydrogens is 444 g/mol. The highest BCUT2D eigenvalue weighted by Gasteiger charge is 2.42. The second-order valence-corrected chi connectivity index (χ2v) is 8.94. The normalized spacial score (nSPS) is 14.7. The lowest BCUT2D eigenvalue weighted by molar-refractivity contribution is -0.157. The number of carbonyl (C=O) groups is 4. The molecule has 1 heterocycles. The van der Waals surface area contributed by atoms with Crippen LogP contribution in [-0.4, -0.2) is 42.5 Å². The Labute approximate surface area is 196 Å². The predicted octanol–water partition coefficient (Wildman–Crippen LogP) is 3.91. The molecule has 2 amide bonds. The van der Waals surface area contributed by atoms with Crippen molar-refractivity contribution in [2.45, 2.75) is 51.5 Å². The van der Waals surface area contributed by atoms with Gasteiger partial charge in [0.25, 0.3) is 5.91 Å². The number of hydrogen-bond donors (Lipinski definition) is 2. The van der Waals surface area contributed by atoms with Gasteiger partial charge in [-0.15, -0.1) is 11.3 Å². The Bertz CT molecular complexity index is 1010. The second kappa shape index (κ2) is 11.1. The van der Waals surface area contributed by atoms with Gasteiger partial charge in [0.1, 0.15) is 10.4 Å². The number of hydrogen-bond acceptors (Lipinski definition) is 7. The van der Waals surface area contributed by atoms with E-state index in [9.17, 15) is 19.2 Å². The summed E-state index contributed by atoms with van der Waals surface area (Å²) in [6.45, 7) is 2.73. The Morgan fingerprint density at radius 3 is 2.36 bits per heavy atom. The molecule has 0 bridgehead atoms. The maximum absolute atomic E-state index is 12.8. The fourth-order valence-corrected chi connectivity index (χ4v) is 4.92. The van der Waals surface area contributed by atoms with Crippen molar-refractivity contribution in [3.63, 3.8) is 0 Å². The van der Waals surface area contributed by atoms with Gasteiger partial charge in [0.2, 0.25) is 5.91 Å². The molecule has 1 aromatic heterocycles. The van der Waals surface area contributed by atoms with Crippen LogP contribution >= 0.6 is 11.3 Å². The van der Waals surface area contributed by atoms with Crippen molar-refractivity contribution in [3.8, 4) is 10.4 Å². The lowest BCUT2D eigenvalue weighted by Gasteiger charge is -2.35. The maximum Gasteiger partial charge on any atom is 0.350 e. The number of amides is 2. The van der Waals surface area contributed by atoms with E-state index in [1.54, 1.807) is 13.0 Å². The van der Waals surface area contributed by atoms with E-state index < -0.39 is 30.0 Å². The van der Waals surface area contributed by atoms with E-state index in [1.165, 1.54) is 18.3 Å². The van der Waals surface area contributed by atoms with Crippen molar-refractivity contribution in [1.29, 1.82) is 0 Å². The van der Waals surface area contributed by atoms with Crippen LogP contribution in [0.5, 0.6) is 0 Å². The van der Waals surface area contributed by atoms with Gasteiger partial charge in [-0.25, -0.2) is 9.59 Å². The summed E-state index contributed by atoms with van der Waals surface area (Å²) in [5.74, 6) is -2.05. The molecule has 0 aliphatic heterocycles. The van der Waals surface area contributed by atoms with E-state index in [0.717, 1.165) is 29.7 Å². The van der Waals surface area contributed by atoms with Gasteiger partial charge in [0, 0.05) is 11.8 Å². The van der Waals surface area contributed by atoms with E-state index in [1.807, 2.05) is 30.3 Å². The third-order valence-electron chi connectivity index (χ3n) is 5.37. The molecule has 3 rings (SSSR count). The van der Waals surface area contributed by atoms with Crippen molar-refractivity contribution < 1.29 is 28.7 Å². The predicted molar refractivity (Wildman–Crippen MR) is 125 cm³/mol. The minimum absolute atomic E-state index is 0.202. The molecule has 33 heavy (non-hydrogen) atoms. The Morgan fingerprint density at radius 1 is 1.03 bits per heavy atom. The third kappa shape index (κ3) is 6.19. The van der Waals surface area contributed by atoms with E-state index in [2.05, 4.69) is 10.6 Å². The summed E-state index contributed by atoms with van der Waals surface area (Å²) >= 11 is 1.21. The molecule has 9 heteroatoms. The quantitative estimate of drug-likeness (QED) is 0.564. The van der Waals surface area contributed by atoms with Crippen LogP contribution in [0.1, 0.15) is 55.6 Å². The van der Waals surface area contributed by atoms with Crippen molar-refractivity contribution >= 4 is 40.8 Å². The topological polar surface area (TPSA) is 111 Å². The Balaban J connectivity index is 1.71. The molecule has 0 unspecified atom stereocenters. The molecule has 1 aliphatic rings. The maximum atomic E-state index is 12.8. The van der Waals surface area contributed by atoms with Crippen LogP contribution in [0.2, 0.25) is 0 Å². The van der Waals surface area contributed by atoms with Crippen LogP contribution in [0.25, 0.3) is 10.4 Å². The van der Waals surface area contributed by atoms with Crippen molar-refractivity contribution in [2.75, 3.05) is 18.5 Å². The zero-order valence-electron chi connectivity index (χ0n) is 18.8. The summed E-state index contributed by atoms with van der Waals surface area (Å²) in [7, 11) is 0. The summed E-state index contributed by atoms with van der Waals surface area (Å²) in [6.07, 6.45) is 3.52. The summed E-state index contributed by atoms with van der Waals surface area (Å²) in [6, 6.07) is 11.2. The molecule has 2 aromatic rings. The monoisotopic (exact) mass is 472 g/mol. The average molecular weight is 473 g/mol. The molecule has 0 saturated heterocycles. The summed E-state index contributed by atoms with van der Waals surface area (Å²) in [5, 5.41) is 5.38. The van der Waals surface area contributed by atoms with Gasteiger partial charge in [0.05, 0.1) is 12.3 Å². The summed E-state index contributed by atoms with van der Waals surface area (Å²) < 4.78 is 10.4. The first-order valence-electron chi connectivity index (χ1n) is 11.0. The number of thiophene rings is 1. The fourth-order valence-electron chi connectivity index (χ4n) is 3.90. The van der Waals surface area contributed by atoms with Crippen LogP contribution < -0.4 is 10.6 Å². The third-order valence-corrected chi connectivity index (χ3v) is 6.54. The Hall–Kier alpha value is -3.20. The van der Waals surface area contributed by atoms with Gasteiger partial charge in [-0.3, -0.25) is 9.59 Å². The number of benzene rings is 1.